The first-order valence-corrected chi connectivity index (χ1v) is 13.8. The molecular formula is C29H32N2O6S. The molecule has 1 aliphatic heterocycles. The summed E-state index contributed by atoms with van der Waals surface area (Å²) in [5, 5.41) is 2.71. The van der Waals surface area contributed by atoms with E-state index in [0.717, 1.165) is 12.0 Å². The van der Waals surface area contributed by atoms with Crippen LogP contribution in [0.2, 0.25) is 0 Å². The van der Waals surface area contributed by atoms with Gasteiger partial charge in [-0.2, -0.15) is 0 Å². The number of ether oxygens (including phenoxy) is 3. The van der Waals surface area contributed by atoms with E-state index in [-0.39, 0.29) is 24.6 Å². The van der Waals surface area contributed by atoms with Crippen molar-refractivity contribution in [1.82, 2.24) is 5.32 Å². The van der Waals surface area contributed by atoms with Crippen LogP contribution in [-0.4, -0.2) is 41.7 Å². The molecular weight excluding hydrogens is 504 g/mol. The standard InChI is InChI=1S/C29H32N2O6S/c1-5-21-11-13-23(14-12-21)37-16-15-30-29(32)28-20(2)24-17-26(35-3)27(36-4)18-25(24)31(38(28,33)34)19-22-9-7-6-8-10-22/h6-14,17-18H,5,15-16,19H2,1-4H3,(H,30,32). The van der Waals surface area contributed by atoms with Crippen molar-refractivity contribution in [2.45, 2.75) is 26.8 Å². The van der Waals surface area contributed by atoms with Gasteiger partial charge in [0.2, 0.25) is 0 Å². The molecule has 9 heteroatoms. The van der Waals surface area contributed by atoms with Crippen molar-refractivity contribution in [3.8, 4) is 17.2 Å². The molecule has 0 saturated carbocycles. The number of anilines is 1. The summed E-state index contributed by atoms with van der Waals surface area (Å²) in [6, 6.07) is 20.3. The number of aryl methyl sites for hydroxylation is 1. The molecule has 3 aromatic carbocycles. The SMILES string of the molecule is CCc1ccc(OCCNC(=O)C2=C(C)c3cc(OC)c(OC)cc3N(Cc3ccccc3)S2(=O)=O)cc1. The zero-order valence-corrected chi connectivity index (χ0v) is 22.8. The van der Waals surface area contributed by atoms with Gasteiger partial charge < -0.3 is 19.5 Å². The second-order valence-corrected chi connectivity index (χ2v) is 10.6. The molecule has 0 aromatic heterocycles. The van der Waals surface area contributed by atoms with Crippen LogP contribution in [-0.2, 0) is 27.8 Å². The highest BCUT2D eigenvalue weighted by atomic mass is 32.2. The van der Waals surface area contributed by atoms with E-state index < -0.39 is 15.9 Å². The highest BCUT2D eigenvalue weighted by molar-refractivity contribution is 7.97. The maximum atomic E-state index is 13.9. The van der Waals surface area contributed by atoms with Gasteiger partial charge in [0.1, 0.15) is 12.4 Å². The molecule has 0 atom stereocenters. The number of hydrogen-bond donors (Lipinski definition) is 1. The highest BCUT2D eigenvalue weighted by Gasteiger charge is 2.40. The number of methoxy groups -OCH3 is 2. The van der Waals surface area contributed by atoms with Gasteiger partial charge >= 0.3 is 0 Å². The summed E-state index contributed by atoms with van der Waals surface area (Å²) in [7, 11) is -1.20. The normalized spacial score (nSPS) is 14.1. The molecule has 4 rings (SSSR count). The number of fused-ring (bicyclic) bond motifs is 1. The van der Waals surface area contributed by atoms with Crippen molar-refractivity contribution >= 4 is 27.2 Å². The number of nitrogens with one attached hydrogen (secondary N) is 1. The fraction of sp³-hybridized carbons (Fsp3) is 0.276. The van der Waals surface area contributed by atoms with E-state index in [2.05, 4.69) is 12.2 Å². The molecule has 1 aliphatic rings. The van der Waals surface area contributed by atoms with Crippen LogP contribution in [0.1, 0.15) is 30.5 Å². The summed E-state index contributed by atoms with van der Waals surface area (Å²) in [4.78, 5) is 13.0. The Balaban J connectivity index is 1.63. The lowest BCUT2D eigenvalue weighted by Gasteiger charge is -2.33. The largest absolute Gasteiger partial charge is 0.493 e. The molecule has 0 spiro atoms. The predicted octanol–water partition coefficient (Wildman–Crippen LogP) is 4.54. The van der Waals surface area contributed by atoms with Crippen LogP contribution in [0.4, 0.5) is 5.69 Å². The van der Waals surface area contributed by atoms with Crippen molar-refractivity contribution in [2.24, 2.45) is 0 Å². The minimum atomic E-state index is -4.20. The monoisotopic (exact) mass is 536 g/mol. The van der Waals surface area contributed by atoms with E-state index in [9.17, 15) is 13.2 Å². The number of nitrogens with zero attached hydrogens (tertiary/aromatic N) is 1. The Bertz CT molecular complexity index is 1430. The molecule has 0 aliphatic carbocycles. The van der Waals surface area contributed by atoms with Crippen molar-refractivity contribution in [2.75, 3.05) is 31.7 Å². The van der Waals surface area contributed by atoms with E-state index in [1.54, 1.807) is 19.1 Å². The molecule has 1 heterocycles. The van der Waals surface area contributed by atoms with Crippen LogP contribution in [0.3, 0.4) is 0 Å². The number of amides is 1. The molecule has 8 nitrogen and oxygen atoms in total. The van der Waals surface area contributed by atoms with Crippen LogP contribution in [0.15, 0.2) is 71.6 Å². The zero-order valence-electron chi connectivity index (χ0n) is 22.0. The Hall–Kier alpha value is -3.98. The minimum absolute atomic E-state index is 0.0482. The van der Waals surface area contributed by atoms with Crippen molar-refractivity contribution in [3.63, 3.8) is 0 Å². The lowest BCUT2D eigenvalue weighted by atomic mass is 10.0. The zero-order chi connectivity index (χ0) is 27.3. The molecule has 38 heavy (non-hydrogen) atoms. The summed E-state index contributed by atoms with van der Waals surface area (Å²) in [5.41, 5.74) is 3.30. The van der Waals surface area contributed by atoms with Gasteiger partial charge in [-0.1, -0.05) is 49.4 Å². The van der Waals surface area contributed by atoms with Crippen LogP contribution in [0.25, 0.3) is 5.57 Å². The van der Waals surface area contributed by atoms with E-state index >= 15 is 0 Å². The first-order valence-electron chi connectivity index (χ1n) is 12.3. The van der Waals surface area contributed by atoms with Gasteiger partial charge in [-0.05, 0) is 48.2 Å². The molecule has 1 amide bonds. The van der Waals surface area contributed by atoms with Gasteiger partial charge in [0.05, 0.1) is 33.0 Å². The maximum Gasteiger partial charge on any atom is 0.270 e. The summed E-state index contributed by atoms with van der Waals surface area (Å²) in [6.07, 6.45) is 0.933. The summed E-state index contributed by atoms with van der Waals surface area (Å²) >= 11 is 0. The second kappa shape index (κ2) is 11.6. The fourth-order valence-electron chi connectivity index (χ4n) is 4.37. The summed E-state index contributed by atoms with van der Waals surface area (Å²) in [6.45, 7) is 4.08. The van der Waals surface area contributed by atoms with Gasteiger partial charge in [0.25, 0.3) is 15.9 Å². The second-order valence-electron chi connectivity index (χ2n) is 8.78. The Morgan fingerprint density at radius 1 is 0.921 bits per heavy atom. The number of rotatable bonds is 10. The van der Waals surface area contributed by atoms with E-state index in [0.29, 0.717) is 34.1 Å². The molecule has 3 aromatic rings. The summed E-state index contributed by atoms with van der Waals surface area (Å²) < 4.78 is 45.7. The Morgan fingerprint density at radius 3 is 2.21 bits per heavy atom. The first-order chi connectivity index (χ1) is 18.3. The smallest absolute Gasteiger partial charge is 0.270 e. The lowest BCUT2D eigenvalue weighted by molar-refractivity contribution is -0.116. The van der Waals surface area contributed by atoms with E-state index in [1.165, 1.54) is 24.1 Å². The third-order valence-corrected chi connectivity index (χ3v) is 8.34. The number of benzene rings is 3. The Morgan fingerprint density at radius 2 is 1.58 bits per heavy atom. The third kappa shape index (κ3) is 5.47. The third-order valence-electron chi connectivity index (χ3n) is 6.43. The summed E-state index contributed by atoms with van der Waals surface area (Å²) in [5.74, 6) is 0.822. The lowest BCUT2D eigenvalue weighted by Crippen LogP contribution is -2.41. The van der Waals surface area contributed by atoms with Gasteiger partial charge in [-0.25, -0.2) is 8.42 Å². The Labute approximate surface area is 223 Å². The molecule has 0 saturated heterocycles. The first kappa shape index (κ1) is 27.1. The van der Waals surface area contributed by atoms with E-state index in [1.807, 2.05) is 54.6 Å². The molecule has 0 bridgehead atoms. The maximum absolute atomic E-state index is 13.9. The molecule has 1 N–H and O–H groups in total. The average Bonchev–Trinajstić information content (AvgIpc) is 2.93. The van der Waals surface area contributed by atoms with Gasteiger partial charge in [0, 0.05) is 11.6 Å². The van der Waals surface area contributed by atoms with Gasteiger partial charge in [0.15, 0.2) is 16.4 Å². The van der Waals surface area contributed by atoms with Crippen LogP contribution >= 0.6 is 0 Å². The highest BCUT2D eigenvalue weighted by Crippen LogP contribution is 2.45. The number of carbonyl (C=O) groups is 1. The molecule has 200 valence electrons. The number of hydrogen-bond acceptors (Lipinski definition) is 6. The quantitative estimate of drug-likeness (QED) is 0.383. The topological polar surface area (TPSA) is 94.2 Å². The predicted molar refractivity (Wildman–Crippen MR) is 148 cm³/mol. The molecule has 0 radical (unpaired) electrons. The van der Waals surface area contributed by atoms with Crippen LogP contribution in [0, 0.1) is 0 Å². The van der Waals surface area contributed by atoms with E-state index in [4.69, 9.17) is 14.2 Å². The van der Waals surface area contributed by atoms with Crippen molar-refractivity contribution < 1.29 is 27.4 Å². The van der Waals surface area contributed by atoms with Crippen LogP contribution in [0.5, 0.6) is 17.2 Å². The molecule has 0 unspecified atom stereocenters. The van der Waals surface area contributed by atoms with Crippen molar-refractivity contribution in [3.05, 3.63) is 88.3 Å². The number of carbonyl (C=O) groups excluding carboxylic acids is 1. The van der Waals surface area contributed by atoms with Crippen LogP contribution < -0.4 is 23.8 Å². The van der Waals surface area contributed by atoms with Gasteiger partial charge in [-0.15, -0.1) is 0 Å². The Kier molecular flexibility index (Phi) is 8.26. The van der Waals surface area contributed by atoms with Gasteiger partial charge in [-0.3, -0.25) is 9.10 Å². The average molecular weight is 537 g/mol. The molecule has 0 fully saturated rings. The fourth-order valence-corrected chi connectivity index (χ4v) is 6.13. The number of allylic oxidation sites excluding steroid dienone is 1. The minimum Gasteiger partial charge on any atom is -0.493 e. The number of sulfonamides is 1. The van der Waals surface area contributed by atoms with Crippen molar-refractivity contribution in [1.29, 1.82) is 0 Å².